The topological polar surface area (TPSA) is 129 Å². The summed E-state index contributed by atoms with van der Waals surface area (Å²) in [6.45, 7) is 3.73. The quantitative estimate of drug-likeness (QED) is 0.617. The molecule has 0 amide bonds. The number of H-pyrrole nitrogens is 1. The number of nitrogens with zero attached hydrogens (tertiary/aromatic N) is 1. The molecule has 146 valence electrons. The Morgan fingerprint density at radius 1 is 1.35 bits per heavy atom. The van der Waals surface area contributed by atoms with Gasteiger partial charge >= 0.3 is 13.3 Å². The molecule has 1 aromatic heterocycles. The molecule has 0 aliphatic carbocycles. The Bertz CT molecular complexity index is 778. The van der Waals surface area contributed by atoms with Crippen LogP contribution in [0.1, 0.15) is 20.1 Å². The fourth-order valence-corrected chi connectivity index (χ4v) is 3.96. The van der Waals surface area contributed by atoms with Gasteiger partial charge in [-0.05, 0) is 19.9 Å². The fourth-order valence-electron chi connectivity index (χ4n) is 2.61. The van der Waals surface area contributed by atoms with Gasteiger partial charge in [0.15, 0.2) is 6.23 Å². The molecule has 1 aliphatic rings. The Balaban J connectivity index is 2.27. The number of hydrogen-bond donors (Lipinski definition) is 2. The molecule has 1 fully saturated rings. The lowest BCUT2D eigenvalue weighted by Crippen LogP contribution is -2.38. The van der Waals surface area contributed by atoms with E-state index in [-0.39, 0.29) is 13.2 Å². The first-order valence-electron chi connectivity index (χ1n) is 8.11. The van der Waals surface area contributed by atoms with E-state index in [1.165, 1.54) is 25.2 Å². The third kappa shape index (κ3) is 4.59. The van der Waals surface area contributed by atoms with E-state index in [9.17, 15) is 19.3 Å². The number of aliphatic hydroxyl groups excluding tert-OH is 1. The first-order chi connectivity index (χ1) is 12.3. The van der Waals surface area contributed by atoms with Gasteiger partial charge in [-0.25, -0.2) is 4.79 Å². The Hall–Kier alpha value is -1.55. The molecule has 26 heavy (non-hydrogen) atoms. The number of methoxy groups -OCH3 is 1. The normalized spacial score (nSPS) is 26.6. The molecule has 2 heterocycles. The molecular weight excluding hydrogens is 367 g/mol. The molecule has 1 aliphatic heterocycles. The Labute approximate surface area is 149 Å². The van der Waals surface area contributed by atoms with Crippen LogP contribution in [-0.4, -0.2) is 53.3 Å². The van der Waals surface area contributed by atoms with Crippen molar-refractivity contribution in [1.82, 2.24) is 9.55 Å². The van der Waals surface area contributed by atoms with Gasteiger partial charge in [-0.2, -0.15) is 0 Å². The highest BCUT2D eigenvalue weighted by atomic mass is 31.2. The zero-order valence-corrected chi connectivity index (χ0v) is 15.6. The Morgan fingerprint density at radius 2 is 2.00 bits per heavy atom. The third-order valence-electron chi connectivity index (χ3n) is 3.72. The Morgan fingerprint density at radius 3 is 2.54 bits per heavy atom. The summed E-state index contributed by atoms with van der Waals surface area (Å²) in [5.41, 5.74) is -1.25. The van der Waals surface area contributed by atoms with E-state index in [2.05, 4.69) is 4.98 Å². The number of hydrogen-bond acceptors (Lipinski definition) is 8. The number of aromatic nitrogens is 2. The highest BCUT2D eigenvalue weighted by Gasteiger charge is 2.44. The van der Waals surface area contributed by atoms with Crippen molar-refractivity contribution in [3.8, 4) is 0 Å². The van der Waals surface area contributed by atoms with Crippen molar-refractivity contribution < 1.29 is 28.2 Å². The molecule has 0 saturated carbocycles. The van der Waals surface area contributed by atoms with Gasteiger partial charge in [0, 0.05) is 25.2 Å². The summed E-state index contributed by atoms with van der Waals surface area (Å²) < 4.78 is 34.8. The van der Waals surface area contributed by atoms with E-state index in [1.54, 1.807) is 13.8 Å². The van der Waals surface area contributed by atoms with Crippen molar-refractivity contribution in [2.24, 2.45) is 0 Å². The van der Waals surface area contributed by atoms with Crippen LogP contribution in [-0.2, 0) is 23.1 Å². The minimum absolute atomic E-state index is 0.186. The van der Waals surface area contributed by atoms with Crippen molar-refractivity contribution in [3.63, 3.8) is 0 Å². The molecule has 2 rings (SSSR count). The van der Waals surface area contributed by atoms with Crippen molar-refractivity contribution in [3.05, 3.63) is 45.0 Å². The molecule has 0 unspecified atom stereocenters. The maximum Gasteiger partial charge on any atom is 0.353 e. The standard InChI is InChI=1S/C15H23N2O8P/c1-4-23-26(21,24-5-2)9-7-10-12(19)13(22-3)14(25-10)17-8-6-11(18)16-15(17)20/h6-10,12-14,19H,4-5H2,1-3H3,(H,16,18,20)/b9-7+/t10-,12-,13-,14-/m1/s1. The second kappa shape index (κ2) is 8.90. The molecule has 2 N–H and O–H groups in total. The highest BCUT2D eigenvalue weighted by molar-refractivity contribution is 7.57. The number of aliphatic hydroxyl groups is 1. The van der Waals surface area contributed by atoms with E-state index < -0.39 is 43.4 Å². The predicted octanol–water partition coefficient (Wildman–Crippen LogP) is 0.590. The summed E-state index contributed by atoms with van der Waals surface area (Å²) >= 11 is 0. The largest absolute Gasteiger partial charge is 0.387 e. The van der Waals surface area contributed by atoms with Crippen LogP contribution in [0, 0.1) is 0 Å². The molecule has 11 heteroatoms. The maximum absolute atomic E-state index is 12.5. The summed E-state index contributed by atoms with van der Waals surface area (Å²) in [4.78, 5) is 25.3. The Kier molecular flexibility index (Phi) is 7.10. The molecule has 1 aromatic rings. The lowest BCUT2D eigenvalue weighted by atomic mass is 10.1. The molecule has 1 saturated heterocycles. The lowest BCUT2D eigenvalue weighted by Gasteiger charge is -2.19. The van der Waals surface area contributed by atoms with Gasteiger partial charge in [0.25, 0.3) is 5.56 Å². The maximum atomic E-state index is 12.5. The molecule has 10 nitrogen and oxygen atoms in total. The number of aromatic amines is 1. The highest BCUT2D eigenvalue weighted by Crippen LogP contribution is 2.50. The summed E-state index contributed by atoms with van der Waals surface area (Å²) in [5.74, 6) is 1.22. The average Bonchev–Trinajstić information content (AvgIpc) is 2.89. The second-order valence-electron chi connectivity index (χ2n) is 5.42. The van der Waals surface area contributed by atoms with Crippen LogP contribution >= 0.6 is 7.60 Å². The van der Waals surface area contributed by atoms with Gasteiger partial charge in [-0.15, -0.1) is 0 Å². The first kappa shape index (κ1) is 20.8. The van der Waals surface area contributed by atoms with E-state index in [0.717, 1.165) is 10.6 Å². The molecule has 4 atom stereocenters. The lowest BCUT2D eigenvalue weighted by molar-refractivity contribution is -0.0491. The average molecular weight is 390 g/mol. The van der Waals surface area contributed by atoms with Crippen molar-refractivity contribution >= 4 is 7.60 Å². The first-order valence-corrected chi connectivity index (χ1v) is 9.72. The smallest absolute Gasteiger partial charge is 0.353 e. The van der Waals surface area contributed by atoms with Gasteiger partial charge in [-0.3, -0.25) is 18.9 Å². The minimum atomic E-state index is -3.46. The molecule has 0 spiro atoms. The van der Waals surface area contributed by atoms with E-state index in [1.807, 2.05) is 0 Å². The summed E-state index contributed by atoms with van der Waals surface area (Å²) in [7, 11) is -2.10. The second-order valence-corrected chi connectivity index (χ2v) is 7.31. The molecule has 0 aromatic carbocycles. The van der Waals surface area contributed by atoms with Crippen LogP contribution in [0.3, 0.4) is 0 Å². The van der Waals surface area contributed by atoms with Crippen LogP contribution in [0.2, 0.25) is 0 Å². The van der Waals surface area contributed by atoms with Crippen LogP contribution < -0.4 is 11.2 Å². The SMILES string of the molecule is CCOP(=O)(/C=C/[C@H]1O[C@@H](n2ccc(=O)[nH]c2=O)[C@H](OC)[C@@H]1O)OCC. The molecule has 0 bridgehead atoms. The molecular formula is C15H23N2O8P. The van der Waals surface area contributed by atoms with E-state index in [4.69, 9.17) is 18.5 Å². The van der Waals surface area contributed by atoms with Crippen molar-refractivity contribution in [1.29, 1.82) is 0 Å². The number of nitrogens with one attached hydrogen (secondary N) is 1. The number of ether oxygens (including phenoxy) is 2. The summed E-state index contributed by atoms with van der Waals surface area (Å²) in [5, 5.41) is 10.4. The van der Waals surface area contributed by atoms with Gasteiger partial charge in [-0.1, -0.05) is 0 Å². The van der Waals surface area contributed by atoms with Crippen molar-refractivity contribution in [2.75, 3.05) is 20.3 Å². The van der Waals surface area contributed by atoms with Gasteiger partial charge < -0.3 is 23.6 Å². The predicted molar refractivity (Wildman–Crippen MR) is 92.0 cm³/mol. The number of rotatable bonds is 8. The van der Waals surface area contributed by atoms with E-state index >= 15 is 0 Å². The zero-order valence-electron chi connectivity index (χ0n) is 14.7. The van der Waals surface area contributed by atoms with E-state index in [0.29, 0.717) is 0 Å². The van der Waals surface area contributed by atoms with Crippen LogP contribution in [0.4, 0.5) is 0 Å². The fraction of sp³-hybridized carbons (Fsp3) is 0.600. The van der Waals surface area contributed by atoms with Crippen LogP contribution in [0.5, 0.6) is 0 Å². The van der Waals surface area contributed by atoms with Crippen molar-refractivity contribution in [2.45, 2.75) is 38.4 Å². The van der Waals surface area contributed by atoms with Crippen LogP contribution in [0.25, 0.3) is 0 Å². The minimum Gasteiger partial charge on any atom is -0.387 e. The monoisotopic (exact) mass is 390 g/mol. The summed E-state index contributed by atoms with van der Waals surface area (Å²) in [6, 6.07) is 1.16. The summed E-state index contributed by atoms with van der Waals surface area (Å²) in [6.07, 6.45) is -1.31. The molecule has 0 radical (unpaired) electrons. The van der Waals surface area contributed by atoms with Gasteiger partial charge in [0.1, 0.15) is 18.3 Å². The third-order valence-corrected chi connectivity index (χ3v) is 5.50. The zero-order chi connectivity index (χ0) is 19.3. The van der Waals surface area contributed by atoms with Gasteiger partial charge in [0.2, 0.25) is 0 Å². The van der Waals surface area contributed by atoms with Crippen LogP contribution in [0.15, 0.2) is 33.7 Å². The van der Waals surface area contributed by atoms with Gasteiger partial charge in [0.05, 0.1) is 13.2 Å².